The number of ether oxygens (including phenoxy) is 1. The van der Waals surface area contributed by atoms with Gasteiger partial charge in [0.1, 0.15) is 5.60 Å². The lowest BCUT2D eigenvalue weighted by Crippen LogP contribution is -2.50. The van der Waals surface area contributed by atoms with Gasteiger partial charge in [-0.1, -0.05) is 6.07 Å². The van der Waals surface area contributed by atoms with Crippen LogP contribution in [0.15, 0.2) is 18.3 Å². The number of rotatable bonds is 4. The molecule has 0 saturated carbocycles. The Kier molecular flexibility index (Phi) is 5.99. The number of nitrogens with one attached hydrogen (secondary N) is 1. The maximum absolute atomic E-state index is 12.4. The van der Waals surface area contributed by atoms with Gasteiger partial charge in [-0.3, -0.25) is 4.98 Å². The second-order valence-corrected chi connectivity index (χ2v) is 7.26. The summed E-state index contributed by atoms with van der Waals surface area (Å²) in [5.41, 5.74) is 1.74. The Labute approximate surface area is 139 Å². The molecule has 1 amide bonds. The Bertz CT molecular complexity index is 508. The molecule has 0 spiro atoms. The van der Waals surface area contributed by atoms with Crippen molar-refractivity contribution in [3.63, 3.8) is 0 Å². The van der Waals surface area contributed by atoms with Crippen molar-refractivity contribution in [2.45, 2.75) is 65.1 Å². The summed E-state index contributed by atoms with van der Waals surface area (Å²) in [4.78, 5) is 18.5. The van der Waals surface area contributed by atoms with Crippen molar-refractivity contribution in [3.8, 4) is 0 Å². The summed E-state index contributed by atoms with van der Waals surface area (Å²) in [5, 5.41) is 3.45. The number of aromatic nitrogens is 1. The van der Waals surface area contributed by atoms with Crippen LogP contribution in [0.3, 0.4) is 0 Å². The largest absolute Gasteiger partial charge is 0.444 e. The average molecular weight is 319 g/mol. The SMILES string of the molecule is Cc1ccc(CNCC2CCCCN2C(=O)OC(C)(C)C)cn1. The summed E-state index contributed by atoms with van der Waals surface area (Å²) < 4.78 is 5.53. The molecule has 1 aliphatic heterocycles. The summed E-state index contributed by atoms with van der Waals surface area (Å²) >= 11 is 0. The number of piperidine rings is 1. The zero-order chi connectivity index (χ0) is 16.9. The van der Waals surface area contributed by atoms with Crippen LogP contribution in [0, 0.1) is 6.92 Å². The van der Waals surface area contributed by atoms with Crippen molar-refractivity contribution in [3.05, 3.63) is 29.6 Å². The minimum Gasteiger partial charge on any atom is -0.444 e. The molecular formula is C18H29N3O2. The minimum absolute atomic E-state index is 0.194. The van der Waals surface area contributed by atoms with Crippen molar-refractivity contribution in [1.29, 1.82) is 0 Å². The second kappa shape index (κ2) is 7.77. The first-order valence-corrected chi connectivity index (χ1v) is 8.47. The fourth-order valence-corrected chi connectivity index (χ4v) is 2.76. The molecular weight excluding hydrogens is 290 g/mol. The quantitative estimate of drug-likeness (QED) is 0.925. The minimum atomic E-state index is -0.444. The van der Waals surface area contributed by atoms with E-state index < -0.39 is 5.60 Å². The molecule has 23 heavy (non-hydrogen) atoms. The molecule has 0 aliphatic carbocycles. The number of nitrogens with zero attached hydrogens (tertiary/aromatic N) is 2. The zero-order valence-corrected chi connectivity index (χ0v) is 14.8. The molecule has 2 heterocycles. The summed E-state index contributed by atoms with van der Waals surface area (Å²) in [6.45, 7) is 10.1. The topological polar surface area (TPSA) is 54.5 Å². The fourth-order valence-electron chi connectivity index (χ4n) is 2.76. The molecule has 1 unspecified atom stereocenters. The van der Waals surface area contributed by atoms with Gasteiger partial charge >= 0.3 is 6.09 Å². The molecule has 5 heteroatoms. The molecule has 1 aromatic heterocycles. The highest BCUT2D eigenvalue weighted by molar-refractivity contribution is 5.68. The number of likely N-dealkylation sites (tertiary alicyclic amines) is 1. The van der Waals surface area contributed by atoms with E-state index in [-0.39, 0.29) is 12.1 Å². The Hall–Kier alpha value is -1.62. The Morgan fingerprint density at radius 2 is 2.17 bits per heavy atom. The number of hydrogen-bond donors (Lipinski definition) is 1. The highest BCUT2D eigenvalue weighted by atomic mass is 16.6. The first-order valence-electron chi connectivity index (χ1n) is 8.47. The Balaban J connectivity index is 1.86. The molecule has 0 radical (unpaired) electrons. The normalized spacial score (nSPS) is 18.8. The Morgan fingerprint density at radius 3 is 2.83 bits per heavy atom. The molecule has 1 fully saturated rings. The molecule has 128 valence electrons. The number of pyridine rings is 1. The molecule has 5 nitrogen and oxygen atoms in total. The van der Waals surface area contributed by atoms with Crippen LogP contribution in [0.4, 0.5) is 4.79 Å². The van der Waals surface area contributed by atoms with Crippen molar-refractivity contribution >= 4 is 6.09 Å². The molecule has 1 N–H and O–H groups in total. The van der Waals surface area contributed by atoms with E-state index in [1.165, 1.54) is 0 Å². The van der Waals surface area contributed by atoms with Crippen molar-refractivity contribution in [1.82, 2.24) is 15.2 Å². The van der Waals surface area contributed by atoms with Gasteiger partial charge in [0, 0.05) is 37.6 Å². The smallest absolute Gasteiger partial charge is 0.410 e. The van der Waals surface area contributed by atoms with E-state index in [0.29, 0.717) is 0 Å². The van der Waals surface area contributed by atoms with Crippen molar-refractivity contribution < 1.29 is 9.53 Å². The lowest BCUT2D eigenvalue weighted by Gasteiger charge is -2.37. The summed E-state index contributed by atoms with van der Waals surface area (Å²) in [6, 6.07) is 4.31. The number of carbonyl (C=O) groups excluding carboxylic acids is 1. The number of carbonyl (C=O) groups is 1. The van der Waals surface area contributed by atoms with Gasteiger partial charge in [-0.05, 0) is 58.6 Å². The maximum atomic E-state index is 12.4. The summed E-state index contributed by atoms with van der Waals surface area (Å²) in [6.07, 6.45) is 4.95. The molecule has 1 atom stereocenters. The summed E-state index contributed by atoms with van der Waals surface area (Å²) in [7, 11) is 0. The summed E-state index contributed by atoms with van der Waals surface area (Å²) in [5.74, 6) is 0. The predicted molar refractivity (Wildman–Crippen MR) is 91.3 cm³/mol. The van der Waals surface area contributed by atoms with E-state index in [9.17, 15) is 4.79 Å². The van der Waals surface area contributed by atoms with Gasteiger partial charge in [-0.25, -0.2) is 4.79 Å². The molecule has 2 rings (SSSR count). The third-order valence-corrected chi connectivity index (χ3v) is 3.94. The number of aryl methyl sites for hydroxylation is 1. The molecule has 1 saturated heterocycles. The van der Waals surface area contributed by atoms with Crippen LogP contribution in [0.2, 0.25) is 0 Å². The van der Waals surface area contributed by atoms with Crippen molar-refractivity contribution in [2.75, 3.05) is 13.1 Å². The van der Waals surface area contributed by atoms with Crippen LogP contribution in [-0.2, 0) is 11.3 Å². The molecule has 1 aliphatic rings. The first kappa shape index (κ1) is 17.7. The van der Waals surface area contributed by atoms with E-state index in [4.69, 9.17) is 4.74 Å². The number of amides is 1. The fraction of sp³-hybridized carbons (Fsp3) is 0.667. The van der Waals surface area contributed by atoms with Crippen LogP contribution in [0.25, 0.3) is 0 Å². The van der Waals surface area contributed by atoms with E-state index in [1.807, 2.05) is 44.9 Å². The lowest BCUT2D eigenvalue weighted by atomic mass is 10.0. The van der Waals surface area contributed by atoms with Crippen LogP contribution < -0.4 is 5.32 Å². The van der Waals surface area contributed by atoms with Crippen LogP contribution in [0.5, 0.6) is 0 Å². The van der Waals surface area contributed by atoms with Gasteiger partial charge in [0.25, 0.3) is 0 Å². The van der Waals surface area contributed by atoms with E-state index in [2.05, 4.69) is 16.4 Å². The monoisotopic (exact) mass is 319 g/mol. The third-order valence-electron chi connectivity index (χ3n) is 3.94. The second-order valence-electron chi connectivity index (χ2n) is 7.26. The zero-order valence-electron chi connectivity index (χ0n) is 14.8. The maximum Gasteiger partial charge on any atom is 0.410 e. The standard InChI is InChI=1S/C18H29N3O2/c1-14-8-9-15(12-20-14)11-19-13-16-7-5-6-10-21(16)17(22)23-18(2,3)4/h8-9,12,16,19H,5-7,10-11,13H2,1-4H3. The van der Waals surface area contributed by atoms with E-state index >= 15 is 0 Å². The molecule has 0 aromatic carbocycles. The van der Waals surface area contributed by atoms with Crippen LogP contribution in [0.1, 0.15) is 51.3 Å². The average Bonchev–Trinajstić information content (AvgIpc) is 2.48. The van der Waals surface area contributed by atoms with E-state index in [1.54, 1.807) is 0 Å². The van der Waals surface area contributed by atoms with Gasteiger partial charge in [-0.2, -0.15) is 0 Å². The third kappa shape index (κ3) is 5.82. The first-order chi connectivity index (χ1) is 10.8. The molecule has 0 bridgehead atoms. The Morgan fingerprint density at radius 1 is 1.39 bits per heavy atom. The predicted octanol–water partition coefficient (Wildman–Crippen LogP) is 3.27. The van der Waals surface area contributed by atoms with Gasteiger partial charge < -0.3 is 15.0 Å². The highest BCUT2D eigenvalue weighted by Gasteiger charge is 2.30. The molecule has 1 aromatic rings. The van der Waals surface area contributed by atoms with Crippen LogP contribution >= 0.6 is 0 Å². The van der Waals surface area contributed by atoms with E-state index in [0.717, 1.165) is 50.2 Å². The van der Waals surface area contributed by atoms with Gasteiger partial charge in [0.15, 0.2) is 0 Å². The lowest BCUT2D eigenvalue weighted by molar-refractivity contribution is 0.00993. The van der Waals surface area contributed by atoms with Crippen LogP contribution in [-0.4, -0.2) is 40.7 Å². The van der Waals surface area contributed by atoms with Gasteiger partial charge in [0.05, 0.1) is 0 Å². The van der Waals surface area contributed by atoms with Gasteiger partial charge in [-0.15, -0.1) is 0 Å². The number of hydrogen-bond acceptors (Lipinski definition) is 4. The highest BCUT2D eigenvalue weighted by Crippen LogP contribution is 2.20. The van der Waals surface area contributed by atoms with Gasteiger partial charge in [0.2, 0.25) is 0 Å². The van der Waals surface area contributed by atoms with Crippen molar-refractivity contribution in [2.24, 2.45) is 0 Å².